The molecule has 0 aromatic carbocycles. The van der Waals surface area contributed by atoms with Gasteiger partial charge >= 0.3 is 0 Å². The molecule has 2 unspecified atom stereocenters. The van der Waals surface area contributed by atoms with Gasteiger partial charge in [0.05, 0.1) is 0 Å². The predicted molar refractivity (Wildman–Crippen MR) is 50.8 cm³/mol. The molecule has 1 aliphatic carbocycles. The second kappa shape index (κ2) is 4.24. The highest BCUT2D eigenvalue weighted by Crippen LogP contribution is 2.41. The third-order valence-electron chi connectivity index (χ3n) is 3.48. The SMILES string of the molecule is CC1(CN)CCCCC1CCO. The van der Waals surface area contributed by atoms with Crippen molar-refractivity contribution in [3.8, 4) is 0 Å². The molecule has 1 aliphatic rings. The van der Waals surface area contributed by atoms with Crippen LogP contribution < -0.4 is 5.73 Å². The first kappa shape index (κ1) is 10.0. The summed E-state index contributed by atoms with van der Waals surface area (Å²) in [4.78, 5) is 0. The normalized spacial score (nSPS) is 36.8. The number of nitrogens with two attached hydrogens (primary N) is 1. The molecule has 0 spiro atoms. The molecule has 0 aliphatic heterocycles. The van der Waals surface area contributed by atoms with E-state index in [1.165, 1.54) is 25.7 Å². The summed E-state index contributed by atoms with van der Waals surface area (Å²) in [6.45, 7) is 3.37. The van der Waals surface area contributed by atoms with E-state index < -0.39 is 0 Å². The van der Waals surface area contributed by atoms with E-state index in [2.05, 4.69) is 6.92 Å². The van der Waals surface area contributed by atoms with Gasteiger partial charge < -0.3 is 10.8 Å². The summed E-state index contributed by atoms with van der Waals surface area (Å²) >= 11 is 0. The van der Waals surface area contributed by atoms with Crippen molar-refractivity contribution < 1.29 is 5.11 Å². The topological polar surface area (TPSA) is 46.2 Å². The van der Waals surface area contributed by atoms with Crippen LogP contribution in [0.25, 0.3) is 0 Å². The fourth-order valence-corrected chi connectivity index (χ4v) is 2.39. The fraction of sp³-hybridized carbons (Fsp3) is 1.00. The molecule has 1 saturated carbocycles. The van der Waals surface area contributed by atoms with E-state index in [4.69, 9.17) is 10.8 Å². The first-order valence-corrected chi connectivity index (χ1v) is 5.04. The monoisotopic (exact) mass is 171 g/mol. The maximum Gasteiger partial charge on any atom is 0.0433 e. The minimum Gasteiger partial charge on any atom is -0.396 e. The smallest absolute Gasteiger partial charge is 0.0433 e. The molecule has 72 valence electrons. The number of rotatable bonds is 3. The largest absolute Gasteiger partial charge is 0.396 e. The Labute approximate surface area is 75.2 Å². The molecule has 12 heavy (non-hydrogen) atoms. The quantitative estimate of drug-likeness (QED) is 0.676. The molecule has 0 saturated heterocycles. The van der Waals surface area contributed by atoms with Crippen LogP contribution in [0.15, 0.2) is 0 Å². The Kier molecular flexibility index (Phi) is 3.53. The average molecular weight is 171 g/mol. The van der Waals surface area contributed by atoms with Gasteiger partial charge in [0.25, 0.3) is 0 Å². The highest BCUT2D eigenvalue weighted by molar-refractivity contribution is 4.86. The molecule has 0 heterocycles. The van der Waals surface area contributed by atoms with E-state index in [9.17, 15) is 0 Å². The molecule has 0 radical (unpaired) electrons. The van der Waals surface area contributed by atoms with Gasteiger partial charge in [-0.3, -0.25) is 0 Å². The van der Waals surface area contributed by atoms with Gasteiger partial charge in [-0.1, -0.05) is 19.8 Å². The maximum atomic E-state index is 8.91. The van der Waals surface area contributed by atoms with E-state index >= 15 is 0 Å². The van der Waals surface area contributed by atoms with Crippen LogP contribution in [0.4, 0.5) is 0 Å². The Bertz CT molecular complexity index is 136. The Hall–Kier alpha value is -0.0800. The van der Waals surface area contributed by atoms with Crippen molar-refractivity contribution in [3.05, 3.63) is 0 Å². The van der Waals surface area contributed by atoms with E-state index in [0.29, 0.717) is 17.9 Å². The van der Waals surface area contributed by atoms with Crippen LogP contribution in [0.5, 0.6) is 0 Å². The molecule has 0 aromatic heterocycles. The van der Waals surface area contributed by atoms with Crippen molar-refractivity contribution in [1.82, 2.24) is 0 Å². The average Bonchev–Trinajstić information content (AvgIpc) is 2.10. The summed E-state index contributed by atoms with van der Waals surface area (Å²) < 4.78 is 0. The zero-order chi connectivity index (χ0) is 9.03. The van der Waals surface area contributed by atoms with Gasteiger partial charge in [-0.25, -0.2) is 0 Å². The van der Waals surface area contributed by atoms with Crippen LogP contribution in [0.1, 0.15) is 39.0 Å². The standard InChI is InChI=1S/C10H21NO/c1-10(8-11)6-3-2-4-9(10)5-7-12/h9,12H,2-8,11H2,1H3. The van der Waals surface area contributed by atoms with Crippen LogP contribution in [0.2, 0.25) is 0 Å². The van der Waals surface area contributed by atoms with E-state index in [-0.39, 0.29) is 0 Å². The molecular weight excluding hydrogens is 150 g/mol. The molecule has 2 atom stereocenters. The van der Waals surface area contributed by atoms with Crippen LogP contribution in [-0.4, -0.2) is 18.3 Å². The van der Waals surface area contributed by atoms with Gasteiger partial charge in [0, 0.05) is 6.61 Å². The molecule has 3 N–H and O–H groups in total. The lowest BCUT2D eigenvalue weighted by Crippen LogP contribution is -2.38. The summed E-state index contributed by atoms with van der Waals surface area (Å²) in [5.74, 6) is 0.654. The van der Waals surface area contributed by atoms with Gasteiger partial charge in [-0.15, -0.1) is 0 Å². The van der Waals surface area contributed by atoms with Crippen molar-refractivity contribution in [2.75, 3.05) is 13.2 Å². The Morgan fingerprint density at radius 1 is 1.50 bits per heavy atom. The molecule has 1 fully saturated rings. The van der Waals surface area contributed by atoms with Crippen molar-refractivity contribution in [2.24, 2.45) is 17.1 Å². The highest BCUT2D eigenvalue weighted by Gasteiger charge is 2.34. The van der Waals surface area contributed by atoms with Crippen molar-refractivity contribution in [1.29, 1.82) is 0 Å². The lowest BCUT2D eigenvalue weighted by Gasteiger charge is -2.40. The summed E-state index contributed by atoms with van der Waals surface area (Å²) in [5.41, 5.74) is 6.08. The Morgan fingerprint density at radius 3 is 2.83 bits per heavy atom. The minimum atomic E-state index is 0.307. The first-order valence-electron chi connectivity index (χ1n) is 5.04. The van der Waals surface area contributed by atoms with Crippen LogP contribution in [0, 0.1) is 11.3 Å². The van der Waals surface area contributed by atoms with E-state index in [0.717, 1.165) is 13.0 Å². The van der Waals surface area contributed by atoms with Crippen LogP contribution in [0.3, 0.4) is 0 Å². The van der Waals surface area contributed by atoms with Gasteiger partial charge in [-0.2, -0.15) is 0 Å². The number of aliphatic hydroxyl groups is 1. The molecule has 2 heteroatoms. The second-order valence-corrected chi connectivity index (χ2v) is 4.31. The minimum absolute atomic E-state index is 0.307. The molecule has 2 nitrogen and oxygen atoms in total. The summed E-state index contributed by atoms with van der Waals surface area (Å²) in [7, 11) is 0. The van der Waals surface area contributed by atoms with Gasteiger partial charge in [0.2, 0.25) is 0 Å². The zero-order valence-corrected chi connectivity index (χ0v) is 8.05. The number of hydrogen-bond donors (Lipinski definition) is 2. The second-order valence-electron chi connectivity index (χ2n) is 4.31. The maximum absolute atomic E-state index is 8.91. The molecule has 0 bridgehead atoms. The van der Waals surface area contributed by atoms with Crippen LogP contribution >= 0.6 is 0 Å². The summed E-state index contributed by atoms with van der Waals surface area (Å²) in [5, 5.41) is 8.91. The molecule has 1 rings (SSSR count). The number of hydrogen-bond acceptors (Lipinski definition) is 2. The zero-order valence-electron chi connectivity index (χ0n) is 8.05. The molecule has 0 aromatic rings. The number of aliphatic hydroxyl groups excluding tert-OH is 1. The van der Waals surface area contributed by atoms with E-state index in [1.807, 2.05) is 0 Å². The van der Waals surface area contributed by atoms with Gasteiger partial charge in [0.15, 0.2) is 0 Å². The van der Waals surface area contributed by atoms with Crippen molar-refractivity contribution in [3.63, 3.8) is 0 Å². The third kappa shape index (κ3) is 1.99. The lowest BCUT2D eigenvalue weighted by atomic mass is 9.66. The predicted octanol–water partition coefficient (Wildman–Crippen LogP) is 1.52. The first-order chi connectivity index (χ1) is 5.73. The van der Waals surface area contributed by atoms with Crippen LogP contribution in [-0.2, 0) is 0 Å². The van der Waals surface area contributed by atoms with Gasteiger partial charge in [-0.05, 0) is 37.1 Å². The molecule has 0 amide bonds. The van der Waals surface area contributed by atoms with Crippen molar-refractivity contribution in [2.45, 2.75) is 39.0 Å². The summed E-state index contributed by atoms with van der Waals surface area (Å²) in [6.07, 6.45) is 6.08. The lowest BCUT2D eigenvalue weighted by molar-refractivity contribution is 0.0959. The Morgan fingerprint density at radius 2 is 2.25 bits per heavy atom. The molecular formula is C10H21NO. The summed E-state index contributed by atoms with van der Waals surface area (Å²) in [6, 6.07) is 0. The Balaban J connectivity index is 2.53. The fourth-order valence-electron chi connectivity index (χ4n) is 2.39. The highest BCUT2D eigenvalue weighted by atomic mass is 16.3. The van der Waals surface area contributed by atoms with Crippen molar-refractivity contribution >= 4 is 0 Å². The third-order valence-corrected chi connectivity index (χ3v) is 3.48. The van der Waals surface area contributed by atoms with E-state index in [1.54, 1.807) is 0 Å². The van der Waals surface area contributed by atoms with Gasteiger partial charge in [0.1, 0.15) is 0 Å².